The minimum atomic E-state index is -3.88. The molecule has 2 heterocycles. The molecule has 4 rings (SSSR count). The monoisotopic (exact) mass is 433 g/mol. The van der Waals surface area contributed by atoms with Crippen LogP contribution in [0, 0.1) is 6.92 Å². The van der Waals surface area contributed by atoms with Gasteiger partial charge in [-0.2, -0.15) is 9.97 Å². The van der Waals surface area contributed by atoms with Crippen molar-refractivity contribution in [3.8, 4) is 17.3 Å². The molecule has 9 heteroatoms. The lowest BCUT2D eigenvalue weighted by atomic mass is 10.2. The van der Waals surface area contributed by atoms with E-state index in [4.69, 9.17) is 4.74 Å². The highest BCUT2D eigenvalue weighted by Crippen LogP contribution is 2.18. The van der Waals surface area contributed by atoms with Crippen LogP contribution in [0.5, 0.6) is 5.75 Å². The molecule has 0 unspecified atom stereocenters. The Labute approximate surface area is 180 Å². The van der Waals surface area contributed by atoms with Gasteiger partial charge in [0.05, 0.1) is 4.90 Å². The second kappa shape index (κ2) is 8.88. The summed E-state index contributed by atoms with van der Waals surface area (Å²) >= 11 is 0. The zero-order chi connectivity index (χ0) is 21.7. The highest BCUT2D eigenvalue weighted by atomic mass is 32.2. The predicted molar refractivity (Wildman–Crippen MR) is 116 cm³/mol. The van der Waals surface area contributed by atoms with Crippen molar-refractivity contribution >= 4 is 16.0 Å². The molecule has 0 radical (unpaired) electrons. The van der Waals surface area contributed by atoms with Crippen LogP contribution in [0.25, 0.3) is 11.5 Å². The Bertz CT molecular complexity index is 1270. The maximum Gasteiger partial charge on any atom is 0.264 e. The second-order valence-corrected chi connectivity index (χ2v) is 8.28. The first-order valence-electron chi connectivity index (χ1n) is 9.43. The maximum absolute atomic E-state index is 12.8. The second-order valence-electron chi connectivity index (χ2n) is 6.60. The number of anilines is 1. The smallest absolute Gasteiger partial charge is 0.264 e. The Morgan fingerprint density at radius 2 is 1.61 bits per heavy atom. The van der Waals surface area contributed by atoms with Gasteiger partial charge in [-0.15, -0.1) is 0 Å². The van der Waals surface area contributed by atoms with Gasteiger partial charge in [-0.05, 0) is 48.9 Å². The number of benzene rings is 2. The van der Waals surface area contributed by atoms with E-state index in [-0.39, 0.29) is 10.8 Å². The minimum absolute atomic E-state index is 0.0651. The molecule has 0 aliphatic rings. The summed E-state index contributed by atoms with van der Waals surface area (Å²) < 4.78 is 33.7. The number of hydrogen-bond donors (Lipinski definition) is 1. The van der Waals surface area contributed by atoms with E-state index in [9.17, 15) is 8.42 Å². The molecule has 8 nitrogen and oxygen atoms in total. The molecule has 0 spiro atoms. The van der Waals surface area contributed by atoms with Crippen LogP contribution in [0.4, 0.5) is 5.95 Å². The molecule has 2 aromatic carbocycles. The van der Waals surface area contributed by atoms with Crippen LogP contribution in [-0.4, -0.2) is 28.4 Å². The van der Waals surface area contributed by atoms with E-state index < -0.39 is 10.0 Å². The normalized spacial score (nSPS) is 11.1. The first-order chi connectivity index (χ1) is 15.0. The molecule has 31 heavy (non-hydrogen) atoms. The van der Waals surface area contributed by atoms with E-state index in [1.807, 2.05) is 30.3 Å². The molecule has 0 amide bonds. The molecule has 0 aliphatic heterocycles. The molecule has 4 aromatic rings. The minimum Gasteiger partial charge on any atom is -0.489 e. The highest BCUT2D eigenvalue weighted by Gasteiger charge is 2.17. The van der Waals surface area contributed by atoms with E-state index >= 15 is 0 Å². The Balaban J connectivity index is 1.49. The molecule has 2 aromatic heterocycles. The van der Waals surface area contributed by atoms with Gasteiger partial charge in [0, 0.05) is 6.20 Å². The molecule has 0 saturated heterocycles. The van der Waals surface area contributed by atoms with Gasteiger partial charge in [0.2, 0.25) is 5.95 Å². The quantitative estimate of drug-likeness (QED) is 0.474. The number of ether oxygens (including phenoxy) is 1. The number of hydrogen-bond acceptors (Lipinski definition) is 7. The van der Waals surface area contributed by atoms with Crippen molar-refractivity contribution in [2.75, 3.05) is 4.72 Å². The Morgan fingerprint density at radius 3 is 2.32 bits per heavy atom. The molecule has 0 aliphatic carbocycles. The fourth-order valence-electron chi connectivity index (χ4n) is 2.76. The van der Waals surface area contributed by atoms with Gasteiger partial charge < -0.3 is 4.74 Å². The third-order valence-electron chi connectivity index (χ3n) is 4.25. The van der Waals surface area contributed by atoms with Crippen molar-refractivity contribution < 1.29 is 13.2 Å². The topological polar surface area (TPSA) is 107 Å². The summed E-state index contributed by atoms with van der Waals surface area (Å²) in [6, 6.07) is 21.2. The van der Waals surface area contributed by atoms with Gasteiger partial charge in [-0.1, -0.05) is 36.4 Å². The van der Waals surface area contributed by atoms with Crippen molar-refractivity contribution in [3.05, 3.63) is 90.4 Å². The van der Waals surface area contributed by atoms with Crippen LogP contribution in [-0.2, 0) is 16.6 Å². The first-order valence-corrected chi connectivity index (χ1v) is 10.9. The molecule has 0 fully saturated rings. The number of sulfonamides is 1. The molecule has 0 bridgehead atoms. The number of aromatic nitrogens is 4. The molecular weight excluding hydrogens is 414 g/mol. The first kappa shape index (κ1) is 20.4. The summed E-state index contributed by atoms with van der Waals surface area (Å²) in [4.78, 5) is 16.8. The van der Waals surface area contributed by atoms with Crippen LogP contribution >= 0.6 is 0 Å². The number of rotatable bonds is 7. The Morgan fingerprint density at radius 1 is 0.871 bits per heavy atom. The zero-order valence-corrected chi connectivity index (χ0v) is 17.5. The van der Waals surface area contributed by atoms with Crippen molar-refractivity contribution in [2.45, 2.75) is 18.4 Å². The fourth-order valence-corrected chi connectivity index (χ4v) is 3.71. The summed E-state index contributed by atoms with van der Waals surface area (Å²) in [6.45, 7) is 1.99. The van der Waals surface area contributed by atoms with Gasteiger partial charge in [0.1, 0.15) is 23.9 Å². The van der Waals surface area contributed by atoms with E-state index in [1.165, 1.54) is 12.1 Å². The highest BCUT2D eigenvalue weighted by molar-refractivity contribution is 7.92. The average molecular weight is 433 g/mol. The number of nitrogens with one attached hydrogen (secondary N) is 1. The zero-order valence-electron chi connectivity index (χ0n) is 16.6. The predicted octanol–water partition coefficient (Wildman–Crippen LogP) is 3.62. The van der Waals surface area contributed by atoms with Crippen LogP contribution in [0.2, 0.25) is 0 Å². The number of aryl methyl sites for hydroxylation is 1. The summed E-state index contributed by atoms with van der Waals surface area (Å²) in [5.41, 5.74) is 1.37. The van der Waals surface area contributed by atoms with Crippen molar-refractivity contribution in [1.82, 2.24) is 19.9 Å². The van der Waals surface area contributed by atoms with Crippen LogP contribution in [0.15, 0.2) is 83.9 Å². The summed E-state index contributed by atoms with van der Waals surface area (Å²) in [7, 11) is -3.88. The summed E-state index contributed by atoms with van der Waals surface area (Å²) in [6.07, 6.45) is 1.61. The summed E-state index contributed by atoms with van der Waals surface area (Å²) in [5.74, 6) is 1.35. The number of para-hydroxylation sites is 1. The van der Waals surface area contributed by atoms with Gasteiger partial charge >= 0.3 is 0 Å². The van der Waals surface area contributed by atoms with Crippen molar-refractivity contribution in [3.63, 3.8) is 0 Å². The standard InChI is InChI=1S/C22H19N5O3S/c1-16-24-21(20-9-5-6-14-23-20)26-22(25-16)27-31(28,29)19-12-10-17(11-13-19)15-30-18-7-3-2-4-8-18/h2-14H,15H2,1H3,(H,24,25,26,27). The third kappa shape index (κ3) is 5.20. The van der Waals surface area contributed by atoms with Gasteiger partial charge in [-0.25, -0.2) is 18.1 Å². The number of pyridine rings is 1. The van der Waals surface area contributed by atoms with Gasteiger partial charge in [0.15, 0.2) is 5.82 Å². The van der Waals surface area contributed by atoms with Crippen LogP contribution in [0.3, 0.4) is 0 Å². The van der Waals surface area contributed by atoms with E-state index in [0.29, 0.717) is 23.9 Å². The molecule has 156 valence electrons. The van der Waals surface area contributed by atoms with E-state index in [0.717, 1.165) is 11.3 Å². The van der Waals surface area contributed by atoms with Crippen LogP contribution in [0.1, 0.15) is 11.4 Å². The Hall–Kier alpha value is -3.85. The summed E-state index contributed by atoms with van der Waals surface area (Å²) in [5, 5.41) is 0. The van der Waals surface area contributed by atoms with E-state index in [2.05, 4.69) is 24.7 Å². The Kier molecular flexibility index (Phi) is 5.85. The average Bonchev–Trinajstić information content (AvgIpc) is 2.78. The number of nitrogens with zero attached hydrogens (tertiary/aromatic N) is 4. The largest absolute Gasteiger partial charge is 0.489 e. The third-order valence-corrected chi connectivity index (χ3v) is 5.59. The van der Waals surface area contributed by atoms with Gasteiger partial charge in [-0.3, -0.25) is 4.98 Å². The SMILES string of the molecule is Cc1nc(NS(=O)(=O)c2ccc(COc3ccccc3)cc2)nc(-c2ccccn2)n1. The van der Waals surface area contributed by atoms with Crippen molar-refractivity contribution in [2.24, 2.45) is 0 Å². The molecule has 1 N–H and O–H groups in total. The van der Waals surface area contributed by atoms with Crippen molar-refractivity contribution in [1.29, 1.82) is 0 Å². The van der Waals surface area contributed by atoms with Crippen LogP contribution < -0.4 is 9.46 Å². The molecule has 0 saturated carbocycles. The lowest BCUT2D eigenvalue weighted by molar-refractivity contribution is 0.306. The van der Waals surface area contributed by atoms with E-state index in [1.54, 1.807) is 43.5 Å². The fraction of sp³-hybridized carbons (Fsp3) is 0.0909. The lowest BCUT2D eigenvalue weighted by Crippen LogP contribution is -2.16. The molecular formula is C22H19N5O3S. The lowest BCUT2D eigenvalue weighted by Gasteiger charge is -2.10. The van der Waals surface area contributed by atoms with Gasteiger partial charge in [0.25, 0.3) is 10.0 Å². The molecule has 0 atom stereocenters. The maximum atomic E-state index is 12.8.